The molecule has 2 heteroatoms. The van der Waals surface area contributed by atoms with Gasteiger partial charge in [-0.15, -0.1) is 0 Å². The summed E-state index contributed by atoms with van der Waals surface area (Å²) in [6, 6.07) is 3.99. The summed E-state index contributed by atoms with van der Waals surface area (Å²) in [5.74, 6) is 0. The van der Waals surface area contributed by atoms with Gasteiger partial charge in [0.25, 0.3) is 0 Å². The van der Waals surface area contributed by atoms with Crippen LogP contribution in [0.1, 0.15) is 5.56 Å². The van der Waals surface area contributed by atoms with Crippen molar-refractivity contribution in [3.05, 3.63) is 36.7 Å². The molecular formula is C10H10N2. The Labute approximate surface area is 71.2 Å². The maximum absolute atomic E-state index is 4.28. The summed E-state index contributed by atoms with van der Waals surface area (Å²) in [4.78, 5) is 4.28. The fraction of sp³-hybridized carbons (Fsp3) is 0.100. The molecular weight excluding hydrogens is 148 g/mol. The minimum Gasteiger partial charge on any atom is -0.349 e. The van der Waals surface area contributed by atoms with Gasteiger partial charge in [-0.1, -0.05) is 12.7 Å². The Kier molecular flexibility index (Phi) is 1.47. The summed E-state index contributed by atoms with van der Waals surface area (Å²) in [5.41, 5.74) is 3.26. The van der Waals surface area contributed by atoms with Gasteiger partial charge in [0, 0.05) is 25.0 Å². The van der Waals surface area contributed by atoms with Crippen molar-refractivity contribution < 1.29 is 0 Å². The van der Waals surface area contributed by atoms with E-state index >= 15 is 0 Å². The van der Waals surface area contributed by atoms with E-state index in [1.165, 1.54) is 0 Å². The van der Waals surface area contributed by atoms with E-state index in [9.17, 15) is 0 Å². The lowest BCUT2D eigenvalue weighted by molar-refractivity contribution is 0.967. The smallest absolute Gasteiger partial charge is 0.0952 e. The Balaban J connectivity index is 2.91. The molecule has 0 unspecified atom stereocenters. The molecule has 0 bridgehead atoms. The van der Waals surface area contributed by atoms with Crippen LogP contribution in [0.5, 0.6) is 0 Å². The van der Waals surface area contributed by atoms with Crippen LogP contribution in [0.4, 0.5) is 0 Å². The monoisotopic (exact) mass is 158 g/mol. The normalized spacial score (nSPS) is 10.4. The van der Waals surface area contributed by atoms with Crippen molar-refractivity contribution in [2.45, 2.75) is 0 Å². The summed E-state index contributed by atoms with van der Waals surface area (Å²) in [6.07, 6.45) is 5.66. The highest BCUT2D eigenvalue weighted by Gasteiger charge is 2.02. The van der Waals surface area contributed by atoms with E-state index in [2.05, 4.69) is 22.2 Å². The molecule has 2 aromatic heterocycles. The van der Waals surface area contributed by atoms with Crippen LogP contribution >= 0.6 is 0 Å². The van der Waals surface area contributed by atoms with E-state index < -0.39 is 0 Å². The van der Waals surface area contributed by atoms with E-state index in [1.807, 2.05) is 25.4 Å². The number of nitrogens with zero attached hydrogens (tertiary/aromatic N) is 2. The lowest BCUT2D eigenvalue weighted by Gasteiger charge is -1.91. The zero-order chi connectivity index (χ0) is 8.55. The largest absolute Gasteiger partial charge is 0.349 e. The lowest BCUT2D eigenvalue weighted by atomic mass is 10.3. The van der Waals surface area contributed by atoms with Gasteiger partial charge in [-0.25, -0.2) is 0 Å². The summed E-state index contributed by atoms with van der Waals surface area (Å²) >= 11 is 0. The summed E-state index contributed by atoms with van der Waals surface area (Å²) < 4.78 is 2.05. The zero-order valence-corrected chi connectivity index (χ0v) is 6.99. The molecule has 0 aliphatic rings. The van der Waals surface area contributed by atoms with Gasteiger partial charge in [0.1, 0.15) is 0 Å². The number of aryl methyl sites for hydroxylation is 1. The molecule has 0 saturated heterocycles. The Morgan fingerprint density at radius 3 is 3.17 bits per heavy atom. The van der Waals surface area contributed by atoms with Gasteiger partial charge in [-0.05, 0) is 12.1 Å². The van der Waals surface area contributed by atoms with Crippen molar-refractivity contribution in [2.24, 2.45) is 7.05 Å². The van der Waals surface area contributed by atoms with Crippen molar-refractivity contribution in [3.63, 3.8) is 0 Å². The van der Waals surface area contributed by atoms with E-state index in [1.54, 1.807) is 6.20 Å². The third-order valence-electron chi connectivity index (χ3n) is 1.99. The number of hydrogen-bond donors (Lipinski definition) is 0. The molecule has 12 heavy (non-hydrogen) atoms. The van der Waals surface area contributed by atoms with Crippen molar-refractivity contribution in [2.75, 3.05) is 0 Å². The van der Waals surface area contributed by atoms with Gasteiger partial charge in [-0.2, -0.15) is 0 Å². The van der Waals surface area contributed by atoms with Gasteiger partial charge in [0.2, 0.25) is 0 Å². The predicted molar refractivity (Wildman–Crippen MR) is 50.8 cm³/mol. The molecule has 0 saturated carbocycles. The Hall–Kier alpha value is -1.57. The highest BCUT2D eigenvalue weighted by atomic mass is 14.9. The molecule has 0 amide bonds. The molecule has 0 radical (unpaired) electrons. The van der Waals surface area contributed by atoms with E-state index in [0.717, 1.165) is 16.6 Å². The highest BCUT2D eigenvalue weighted by molar-refractivity contribution is 5.85. The second-order valence-corrected chi connectivity index (χ2v) is 2.77. The van der Waals surface area contributed by atoms with Crippen molar-refractivity contribution in [1.82, 2.24) is 9.55 Å². The molecule has 0 aromatic carbocycles. The minimum atomic E-state index is 1.02. The molecule has 0 aliphatic heterocycles. The Morgan fingerprint density at radius 1 is 1.58 bits per heavy atom. The molecule has 0 spiro atoms. The summed E-state index contributed by atoms with van der Waals surface area (Å²) in [7, 11) is 2.01. The molecule has 60 valence electrons. The zero-order valence-electron chi connectivity index (χ0n) is 6.99. The van der Waals surface area contributed by atoms with E-state index in [4.69, 9.17) is 0 Å². The van der Waals surface area contributed by atoms with Crippen LogP contribution in [0.15, 0.2) is 31.1 Å². The number of aromatic nitrogens is 2. The first kappa shape index (κ1) is 7.10. The number of rotatable bonds is 1. The third-order valence-corrected chi connectivity index (χ3v) is 1.99. The fourth-order valence-electron chi connectivity index (χ4n) is 1.39. The molecule has 2 heterocycles. The average Bonchev–Trinajstić information content (AvgIpc) is 2.44. The van der Waals surface area contributed by atoms with E-state index in [0.29, 0.717) is 0 Å². The standard InChI is InChI=1S/C10H10N2/c1-3-8-7-12(2)9-5-4-6-11-10(8)9/h3-7H,1H2,2H3. The quantitative estimate of drug-likeness (QED) is 0.622. The van der Waals surface area contributed by atoms with Crippen LogP contribution in [0, 0.1) is 0 Å². The van der Waals surface area contributed by atoms with Crippen LogP contribution in [-0.2, 0) is 7.05 Å². The molecule has 2 aromatic rings. The topological polar surface area (TPSA) is 17.8 Å². The van der Waals surface area contributed by atoms with Gasteiger partial charge >= 0.3 is 0 Å². The number of pyridine rings is 1. The summed E-state index contributed by atoms with van der Waals surface area (Å²) in [6.45, 7) is 3.74. The molecule has 2 rings (SSSR count). The first-order chi connectivity index (χ1) is 5.83. The molecule has 0 atom stereocenters. The second kappa shape index (κ2) is 2.48. The third kappa shape index (κ3) is 0.848. The fourth-order valence-corrected chi connectivity index (χ4v) is 1.39. The van der Waals surface area contributed by atoms with Gasteiger partial charge in [-0.3, -0.25) is 4.98 Å². The Morgan fingerprint density at radius 2 is 2.42 bits per heavy atom. The molecule has 0 fully saturated rings. The van der Waals surface area contributed by atoms with Crippen LogP contribution in [-0.4, -0.2) is 9.55 Å². The van der Waals surface area contributed by atoms with Crippen LogP contribution in [0.2, 0.25) is 0 Å². The lowest BCUT2D eigenvalue weighted by Crippen LogP contribution is -1.82. The first-order valence-electron chi connectivity index (χ1n) is 3.85. The maximum atomic E-state index is 4.28. The number of fused-ring (bicyclic) bond motifs is 1. The van der Waals surface area contributed by atoms with Crippen LogP contribution < -0.4 is 0 Å². The first-order valence-corrected chi connectivity index (χ1v) is 3.85. The molecule has 2 nitrogen and oxygen atoms in total. The Bertz CT molecular complexity index is 426. The summed E-state index contributed by atoms with van der Waals surface area (Å²) in [5, 5.41) is 0. The predicted octanol–water partition coefficient (Wildman–Crippen LogP) is 2.22. The van der Waals surface area contributed by atoms with Crippen LogP contribution in [0.3, 0.4) is 0 Å². The maximum Gasteiger partial charge on any atom is 0.0952 e. The van der Waals surface area contributed by atoms with Gasteiger partial charge in [0.15, 0.2) is 0 Å². The number of hydrogen-bond acceptors (Lipinski definition) is 1. The van der Waals surface area contributed by atoms with E-state index in [-0.39, 0.29) is 0 Å². The average molecular weight is 158 g/mol. The van der Waals surface area contributed by atoms with Crippen LogP contribution in [0.25, 0.3) is 17.1 Å². The van der Waals surface area contributed by atoms with Gasteiger partial charge < -0.3 is 4.57 Å². The highest BCUT2D eigenvalue weighted by Crippen LogP contribution is 2.17. The molecule has 0 aliphatic carbocycles. The van der Waals surface area contributed by atoms with Crippen molar-refractivity contribution in [1.29, 1.82) is 0 Å². The van der Waals surface area contributed by atoms with Crippen molar-refractivity contribution in [3.8, 4) is 0 Å². The minimum absolute atomic E-state index is 1.02. The second-order valence-electron chi connectivity index (χ2n) is 2.77. The molecule has 0 N–H and O–H groups in total. The SMILES string of the molecule is C=Cc1cn(C)c2cccnc12. The van der Waals surface area contributed by atoms with Gasteiger partial charge in [0.05, 0.1) is 11.0 Å². The van der Waals surface area contributed by atoms with Crippen molar-refractivity contribution >= 4 is 17.1 Å².